The molecule has 0 spiro atoms. The number of hydrogen-bond acceptors (Lipinski definition) is 4. The van der Waals surface area contributed by atoms with Crippen molar-refractivity contribution in [2.45, 2.75) is 25.4 Å². The maximum absolute atomic E-state index is 5.77. The Bertz CT molecular complexity index is 364. The highest BCUT2D eigenvalue weighted by Gasteiger charge is 2.23. The molecule has 1 aromatic rings. The van der Waals surface area contributed by atoms with Gasteiger partial charge in [-0.1, -0.05) is 6.07 Å². The summed E-state index contributed by atoms with van der Waals surface area (Å²) >= 11 is 0. The highest BCUT2D eigenvalue weighted by molar-refractivity contribution is 5.47. The van der Waals surface area contributed by atoms with Crippen molar-refractivity contribution in [1.29, 1.82) is 0 Å². The summed E-state index contributed by atoms with van der Waals surface area (Å²) < 4.78 is 0. The molecule has 1 aliphatic rings. The Morgan fingerprint density at radius 1 is 1.53 bits per heavy atom. The Kier molecular flexibility index (Phi) is 3.97. The standard InChI is InChI=1S/C13H22N4/c1-16(2)12-6-4-8-17(10-12)13-11(9-14)5-3-7-15-13/h3,5,7,12H,4,6,8-10,14H2,1-2H3. The molecule has 0 bridgehead atoms. The van der Waals surface area contributed by atoms with Gasteiger partial charge in [-0.15, -0.1) is 0 Å². The van der Waals surface area contributed by atoms with E-state index >= 15 is 0 Å². The van der Waals surface area contributed by atoms with Gasteiger partial charge in [-0.2, -0.15) is 0 Å². The summed E-state index contributed by atoms with van der Waals surface area (Å²) in [5.41, 5.74) is 6.92. The molecular formula is C13H22N4. The predicted molar refractivity (Wildman–Crippen MR) is 71.1 cm³/mol. The van der Waals surface area contributed by atoms with E-state index in [1.165, 1.54) is 12.8 Å². The first-order valence-electron chi connectivity index (χ1n) is 6.27. The summed E-state index contributed by atoms with van der Waals surface area (Å²) in [4.78, 5) is 9.17. The van der Waals surface area contributed by atoms with Crippen LogP contribution in [0.5, 0.6) is 0 Å². The van der Waals surface area contributed by atoms with Crippen molar-refractivity contribution in [3.63, 3.8) is 0 Å². The first-order chi connectivity index (χ1) is 8.22. The minimum atomic E-state index is 0.562. The highest BCUT2D eigenvalue weighted by atomic mass is 15.2. The van der Waals surface area contributed by atoms with Crippen molar-refractivity contribution in [2.75, 3.05) is 32.1 Å². The van der Waals surface area contributed by atoms with Gasteiger partial charge in [-0.25, -0.2) is 4.98 Å². The highest BCUT2D eigenvalue weighted by Crippen LogP contribution is 2.22. The van der Waals surface area contributed by atoms with E-state index in [0.29, 0.717) is 12.6 Å². The van der Waals surface area contributed by atoms with Gasteiger partial charge < -0.3 is 15.5 Å². The minimum absolute atomic E-state index is 0.562. The molecule has 0 radical (unpaired) electrons. The molecule has 0 aromatic carbocycles. The van der Waals surface area contributed by atoms with E-state index < -0.39 is 0 Å². The Balaban J connectivity index is 2.16. The molecule has 1 aromatic heterocycles. The van der Waals surface area contributed by atoms with Gasteiger partial charge in [0.2, 0.25) is 0 Å². The van der Waals surface area contributed by atoms with Crippen LogP contribution < -0.4 is 10.6 Å². The third kappa shape index (κ3) is 2.76. The van der Waals surface area contributed by atoms with E-state index in [-0.39, 0.29) is 0 Å². The van der Waals surface area contributed by atoms with Crippen molar-refractivity contribution in [2.24, 2.45) is 5.73 Å². The van der Waals surface area contributed by atoms with Gasteiger partial charge >= 0.3 is 0 Å². The quantitative estimate of drug-likeness (QED) is 0.850. The van der Waals surface area contributed by atoms with Crippen LogP contribution >= 0.6 is 0 Å². The van der Waals surface area contributed by atoms with Gasteiger partial charge in [-0.3, -0.25) is 0 Å². The van der Waals surface area contributed by atoms with Crippen molar-refractivity contribution < 1.29 is 0 Å². The third-order valence-electron chi connectivity index (χ3n) is 3.51. The number of hydrogen-bond donors (Lipinski definition) is 1. The summed E-state index contributed by atoms with van der Waals surface area (Å²) in [6, 6.07) is 4.65. The molecule has 0 aliphatic carbocycles. The summed E-state index contributed by atoms with van der Waals surface area (Å²) in [5.74, 6) is 1.07. The second-order valence-corrected chi connectivity index (χ2v) is 4.90. The molecule has 1 unspecified atom stereocenters. The van der Waals surface area contributed by atoms with Crippen LogP contribution in [0.3, 0.4) is 0 Å². The molecule has 17 heavy (non-hydrogen) atoms. The third-order valence-corrected chi connectivity index (χ3v) is 3.51. The minimum Gasteiger partial charge on any atom is -0.355 e. The van der Waals surface area contributed by atoms with E-state index in [2.05, 4.69) is 34.9 Å². The Hall–Kier alpha value is -1.13. The zero-order valence-electron chi connectivity index (χ0n) is 10.8. The zero-order valence-corrected chi connectivity index (χ0v) is 10.8. The lowest BCUT2D eigenvalue weighted by molar-refractivity contribution is 0.257. The van der Waals surface area contributed by atoms with Gasteiger partial charge in [0, 0.05) is 37.4 Å². The molecule has 2 heterocycles. The zero-order chi connectivity index (χ0) is 12.3. The second-order valence-electron chi connectivity index (χ2n) is 4.90. The monoisotopic (exact) mass is 234 g/mol. The summed E-state index contributed by atoms with van der Waals surface area (Å²) in [7, 11) is 4.30. The molecule has 0 amide bonds. The normalized spacial score (nSPS) is 20.9. The molecule has 4 heteroatoms. The fourth-order valence-electron chi connectivity index (χ4n) is 2.44. The molecule has 1 aliphatic heterocycles. The lowest BCUT2D eigenvalue weighted by Crippen LogP contribution is -2.45. The van der Waals surface area contributed by atoms with Crippen LogP contribution in [0.1, 0.15) is 18.4 Å². The molecule has 2 rings (SSSR count). The van der Waals surface area contributed by atoms with E-state index in [1.54, 1.807) is 0 Å². The molecular weight excluding hydrogens is 212 g/mol. The van der Waals surface area contributed by atoms with Crippen LogP contribution in [0.25, 0.3) is 0 Å². The number of pyridine rings is 1. The van der Waals surface area contributed by atoms with Crippen molar-refractivity contribution in [1.82, 2.24) is 9.88 Å². The van der Waals surface area contributed by atoms with E-state index in [0.717, 1.165) is 24.5 Å². The van der Waals surface area contributed by atoms with Crippen LogP contribution in [0, 0.1) is 0 Å². The number of nitrogens with zero attached hydrogens (tertiary/aromatic N) is 3. The van der Waals surface area contributed by atoms with Crippen LogP contribution in [-0.2, 0) is 6.54 Å². The fourth-order valence-corrected chi connectivity index (χ4v) is 2.44. The summed E-state index contributed by atoms with van der Waals surface area (Å²) in [6.07, 6.45) is 4.35. The van der Waals surface area contributed by atoms with Gasteiger partial charge in [0.05, 0.1) is 0 Å². The summed E-state index contributed by atoms with van der Waals surface area (Å²) in [6.45, 7) is 2.71. The maximum Gasteiger partial charge on any atom is 0.133 e. The SMILES string of the molecule is CN(C)C1CCCN(c2ncccc2CN)C1. The van der Waals surface area contributed by atoms with Crippen LogP contribution in [0.15, 0.2) is 18.3 Å². The molecule has 4 nitrogen and oxygen atoms in total. The van der Waals surface area contributed by atoms with E-state index in [9.17, 15) is 0 Å². The maximum atomic E-state index is 5.77. The van der Waals surface area contributed by atoms with Crippen molar-refractivity contribution >= 4 is 5.82 Å². The Morgan fingerprint density at radius 2 is 2.35 bits per heavy atom. The van der Waals surface area contributed by atoms with Gasteiger partial charge in [0.25, 0.3) is 0 Å². The van der Waals surface area contributed by atoms with Crippen molar-refractivity contribution in [3.8, 4) is 0 Å². The topological polar surface area (TPSA) is 45.4 Å². The number of likely N-dealkylation sites (N-methyl/N-ethyl adjacent to an activating group) is 1. The first-order valence-corrected chi connectivity index (χ1v) is 6.27. The van der Waals surface area contributed by atoms with Gasteiger partial charge in [-0.05, 0) is 33.0 Å². The van der Waals surface area contributed by atoms with Gasteiger partial charge in [0.15, 0.2) is 0 Å². The predicted octanol–water partition coefficient (Wildman–Crippen LogP) is 1.07. The van der Waals surface area contributed by atoms with Gasteiger partial charge in [0.1, 0.15) is 5.82 Å². The lowest BCUT2D eigenvalue weighted by Gasteiger charge is -2.37. The van der Waals surface area contributed by atoms with Crippen molar-refractivity contribution in [3.05, 3.63) is 23.9 Å². The molecule has 1 fully saturated rings. The second kappa shape index (κ2) is 5.47. The van der Waals surface area contributed by atoms with Crippen LogP contribution in [0.4, 0.5) is 5.82 Å². The number of rotatable bonds is 3. The van der Waals surface area contributed by atoms with Crippen LogP contribution in [0.2, 0.25) is 0 Å². The first kappa shape index (κ1) is 12.3. The van der Waals surface area contributed by atoms with E-state index in [1.807, 2.05) is 12.3 Å². The number of piperidine rings is 1. The average molecular weight is 234 g/mol. The molecule has 1 atom stereocenters. The number of nitrogens with two attached hydrogens (primary N) is 1. The molecule has 2 N–H and O–H groups in total. The fraction of sp³-hybridized carbons (Fsp3) is 0.615. The van der Waals surface area contributed by atoms with E-state index in [4.69, 9.17) is 5.73 Å². The lowest BCUT2D eigenvalue weighted by atomic mass is 10.0. The number of anilines is 1. The molecule has 1 saturated heterocycles. The Labute approximate surface area is 103 Å². The molecule has 0 saturated carbocycles. The van der Waals surface area contributed by atoms with Crippen LogP contribution in [-0.4, -0.2) is 43.1 Å². The summed E-state index contributed by atoms with van der Waals surface area (Å²) in [5, 5.41) is 0. The smallest absolute Gasteiger partial charge is 0.133 e. The Morgan fingerprint density at radius 3 is 3.06 bits per heavy atom. The largest absolute Gasteiger partial charge is 0.355 e. The molecule has 94 valence electrons. The number of aromatic nitrogens is 1. The average Bonchev–Trinajstić information content (AvgIpc) is 2.39.